The monoisotopic (exact) mass is 343 g/mol. The SMILES string of the molecule is O=c1c2c3c(sc2[nH]c(=S)n1Cc1ccccn1)CCCCC3. The highest BCUT2D eigenvalue weighted by Gasteiger charge is 2.19. The lowest BCUT2D eigenvalue weighted by molar-refractivity contribution is 0.708. The Morgan fingerprint density at radius 3 is 2.96 bits per heavy atom. The van der Waals surface area contributed by atoms with E-state index < -0.39 is 0 Å². The van der Waals surface area contributed by atoms with Crippen molar-refractivity contribution in [1.29, 1.82) is 0 Å². The molecule has 23 heavy (non-hydrogen) atoms. The Morgan fingerprint density at radius 2 is 2.13 bits per heavy atom. The summed E-state index contributed by atoms with van der Waals surface area (Å²) in [7, 11) is 0. The summed E-state index contributed by atoms with van der Waals surface area (Å²) in [6, 6.07) is 5.71. The summed E-state index contributed by atoms with van der Waals surface area (Å²) in [5, 5.41) is 0.844. The third-order valence-electron chi connectivity index (χ3n) is 4.39. The molecule has 6 heteroatoms. The molecular formula is C17H17N3OS2. The van der Waals surface area contributed by atoms with Crippen molar-refractivity contribution < 1.29 is 0 Å². The van der Waals surface area contributed by atoms with Crippen LogP contribution < -0.4 is 5.56 Å². The lowest BCUT2D eigenvalue weighted by Gasteiger charge is -2.07. The molecule has 0 radical (unpaired) electrons. The first-order valence-corrected chi connectivity index (χ1v) is 9.14. The van der Waals surface area contributed by atoms with Crippen LogP contribution in [-0.4, -0.2) is 14.5 Å². The molecule has 1 N–H and O–H groups in total. The first-order chi connectivity index (χ1) is 11.2. The van der Waals surface area contributed by atoms with Crippen LogP contribution in [-0.2, 0) is 19.4 Å². The zero-order valence-electron chi connectivity index (χ0n) is 12.7. The van der Waals surface area contributed by atoms with E-state index >= 15 is 0 Å². The molecule has 0 saturated carbocycles. The summed E-state index contributed by atoms with van der Waals surface area (Å²) in [6.07, 6.45) is 7.43. The van der Waals surface area contributed by atoms with Crippen LogP contribution in [0.15, 0.2) is 29.2 Å². The smallest absolute Gasteiger partial charge is 0.263 e. The highest BCUT2D eigenvalue weighted by atomic mass is 32.1. The third-order valence-corrected chi connectivity index (χ3v) is 5.92. The molecule has 4 rings (SSSR count). The van der Waals surface area contributed by atoms with Gasteiger partial charge in [0.25, 0.3) is 5.56 Å². The van der Waals surface area contributed by atoms with Crippen LogP contribution in [0.5, 0.6) is 0 Å². The average Bonchev–Trinajstić information content (AvgIpc) is 2.74. The molecule has 118 valence electrons. The minimum atomic E-state index is 0.0220. The van der Waals surface area contributed by atoms with Gasteiger partial charge in [-0.1, -0.05) is 12.5 Å². The molecule has 0 aromatic carbocycles. The Bertz CT molecular complexity index is 969. The molecule has 3 aromatic heterocycles. The van der Waals surface area contributed by atoms with Gasteiger partial charge < -0.3 is 4.98 Å². The van der Waals surface area contributed by atoms with E-state index in [0.29, 0.717) is 11.3 Å². The molecule has 0 fully saturated rings. The molecule has 4 nitrogen and oxygen atoms in total. The van der Waals surface area contributed by atoms with Crippen LogP contribution in [0.4, 0.5) is 0 Å². The van der Waals surface area contributed by atoms with Crippen molar-refractivity contribution in [3.63, 3.8) is 0 Å². The van der Waals surface area contributed by atoms with Gasteiger partial charge in [-0.15, -0.1) is 11.3 Å². The summed E-state index contributed by atoms with van der Waals surface area (Å²) < 4.78 is 2.11. The van der Waals surface area contributed by atoms with Gasteiger partial charge in [0, 0.05) is 11.1 Å². The fourth-order valence-corrected chi connectivity index (χ4v) is 4.84. The van der Waals surface area contributed by atoms with Gasteiger partial charge in [-0.2, -0.15) is 0 Å². The summed E-state index contributed by atoms with van der Waals surface area (Å²) in [6.45, 7) is 0.412. The lowest BCUT2D eigenvalue weighted by atomic mass is 10.1. The van der Waals surface area contributed by atoms with Crippen LogP contribution >= 0.6 is 23.6 Å². The molecule has 1 aliphatic rings. The normalized spacial score (nSPS) is 14.6. The van der Waals surface area contributed by atoms with E-state index in [1.165, 1.54) is 23.3 Å². The Balaban J connectivity index is 1.90. The van der Waals surface area contributed by atoms with E-state index in [9.17, 15) is 4.79 Å². The molecule has 0 amide bonds. The number of nitrogens with one attached hydrogen (secondary N) is 1. The van der Waals surface area contributed by atoms with Crippen LogP contribution in [0.25, 0.3) is 10.2 Å². The number of pyridine rings is 1. The average molecular weight is 343 g/mol. The molecule has 0 unspecified atom stereocenters. The third kappa shape index (κ3) is 2.66. The summed E-state index contributed by atoms with van der Waals surface area (Å²) in [5.74, 6) is 0. The standard InChI is InChI=1S/C17H17N3OS2/c21-16-14-12-7-2-1-3-8-13(12)23-15(14)19-17(22)20(16)10-11-6-4-5-9-18-11/h4-6,9H,1-3,7-8,10H2,(H,19,22). The van der Waals surface area contributed by atoms with Crippen molar-refractivity contribution in [2.45, 2.75) is 38.6 Å². The largest absolute Gasteiger partial charge is 0.323 e. The van der Waals surface area contributed by atoms with E-state index in [2.05, 4.69) is 9.97 Å². The number of hydrogen-bond acceptors (Lipinski definition) is 4. The second kappa shape index (κ2) is 6.02. The Kier molecular flexibility index (Phi) is 3.87. The Morgan fingerprint density at radius 1 is 1.26 bits per heavy atom. The number of hydrogen-bond donors (Lipinski definition) is 1. The number of nitrogens with zero attached hydrogens (tertiary/aromatic N) is 2. The fraction of sp³-hybridized carbons (Fsp3) is 0.353. The van der Waals surface area contributed by atoms with Gasteiger partial charge in [-0.05, 0) is 55.6 Å². The molecule has 3 aromatic rings. The zero-order chi connectivity index (χ0) is 15.8. The zero-order valence-corrected chi connectivity index (χ0v) is 14.3. The predicted octanol–water partition coefficient (Wildman–Crippen LogP) is 3.83. The van der Waals surface area contributed by atoms with Crippen molar-refractivity contribution in [1.82, 2.24) is 14.5 Å². The van der Waals surface area contributed by atoms with Crippen molar-refractivity contribution in [3.05, 3.63) is 55.7 Å². The van der Waals surface area contributed by atoms with Crippen molar-refractivity contribution in [2.75, 3.05) is 0 Å². The first kappa shape index (κ1) is 14.8. The van der Waals surface area contributed by atoms with Gasteiger partial charge in [0.15, 0.2) is 4.77 Å². The van der Waals surface area contributed by atoms with Crippen molar-refractivity contribution >= 4 is 33.8 Å². The van der Waals surface area contributed by atoms with Gasteiger partial charge in [-0.25, -0.2) is 0 Å². The summed E-state index contributed by atoms with van der Waals surface area (Å²) in [5.41, 5.74) is 2.11. The number of fused-ring (bicyclic) bond motifs is 3. The van der Waals surface area contributed by atoms with E-state index in [1.807, 2.05) is 18.2 Å². The van der Waals surface area contributed by atoms with E-state index in [1.54, 1.807) is 22.1 Å². The Hall–Kier alpha value is -1.79. The Labute approximate surface area is 142 Å². The van der Waals surface area contributed by atoms with E-state index in [0.717, 1.165) is 35.2 Å². The van der Waals surface area contributed by atoms with Gasteiger partial charge in [0.1, 0.15) is 4.83 Å². The summed E-state index contributed by atoms with van der Waals surface area (Å²) >= 11 is 7.12. The van der Waals surface area contributed by atoms with Gasteiger partial charge >= 0.3 is 0 Å². The van der Waals surface area contributed by atoms with Gasteiger partial charge in [-0.3, -0.25) is 14.3 Å². The second-order valence-electron chi connectivity index (χ2n) is 5.91. The van der Waals surface area contributed by atoms with Crippen LogP contribution in [0.3, 0.4) is 0 Å². The molecule has 3 heterocycles. The highest BCUT2D eigenvalue weighted by molar-refractivity contribution is 7.71. The van der Waals surface area contributed by atoms with Gasteiger partial charge in [0.05, 0.1) is 17.6 Å². The maximum Gasteiger partial charge on any atom is 0.263 e. The maximum absolute atomic E-state index is 13.1. The molecular weight excluding hydrogens is 326 g/mol. The van der Waals surface area contributed by atoms with Crippen LogP contribution in [0, 0.1) is 4.77 Å². The van der Waals surface area contributed by atoms with E-state index in [-0.39, 0.29) is 5.56 Å². The minimum absolute atomic E-state index is 0.0220. The molecule has 1 aliphatic carbocycles. The number of thiophene rings is 1. The van der Waals surface area contributed by atoms with Crippen molar-refractivity contribution in [2.24, 2.45) is 0 Å². The topological polar surface area (TPSA) is 50.7 Å². The molecule has 0 aliphatic heterocycles. The number of aromatic nitrogens is 3. The lowest BCUT2D eigenvalue weighted by Crippen LogP contribution is -2.23. The fourth-order valence-electron chi connectivity index (χ4n) is 3.25. The number of H-pyrrole nitrogens is 1. The molecule has 0 atom stereocenters. The van der Waals surface area contributed by atoms with Crippen LogP contribution in [0.1, 0.15) is 35.4 Å². The predicted molar refractivity (Wildman–Crippen MR) is 95.9 cm³/mol. The van der Waals surface area contributed by atoms with Gasteiger partial charge in [0.2, 0.25) is 0 Å². The highest BCUT2D eigenvalue weighted by Crippen LogP contribution is 2.32. The maximum atomic E-state index is 13.1. The minimum Gasteiger partial charge on any atom is -0.323 e. The number of rotatable bonds is 2. The van der Waals surface area contributed by atoms with E-state index in [4.69, 9.17) is 12.2 Å². The first-order valence-electron chi connectivity index (χ1n) is 7.91. The molecule has 0 saturated heterocycles. The summed E-state index contributed by atoms with van der Waals surface area (Å²) in [4.78, 5) is 22.9. The molecule has 0 spiro atoms. The number of aryl methyl sites for hydroxylation is 2. The van der Waals surface area contributed by atoms with Crippen LogP contribution in [0.2, 0.25) is 0 Å². The van der Waals surface area contributed by atoms with Crippen molar-refractivity contribution in [3.8, 4) is 0 Å². The second-order valence-corrected chi connectivity index (χ2v) is 7.40. The molecule has 0 bridgehead atoms. The quantitative estimate of drug-likeness (QED) is 0.568. The number of aromatic amines is 1.